The van der Waals surface area contributed by atoms with Gasteiger partial charge in [-0.2, -0.15) is 0 Å². The first-order chi connectivity index (χ1) is 12.6. The number of aliphatic hydroxyl groups excluding tert-OH is 1. The van der Waals surface area contributed by atoms with Gasteiger partial charge in [-0.15, -0.1) is 11.3 Å². The molecule has 1 saturated carbocycles. The minimum absolute atomic E-state index is 0.0712. The third-order valence-corrected chi connectivity index (χ3v) is 6.26. The van der Waals surface area contributed by atoms with Crippen LogP contribution in [0.4, 0.5) is 0 Å². The third kappa shape index (κ3) is 2.76. The lowest BCUT2D eigenvalue weighted by Gasteiger charge is -2.29. The number of Topliss-reactive ketones (excluding diaryl/α,β-unsaturated/α-hetero) is 1. The summed E-state index contributed by atoms with van der Waals surface area (Å²) in [6.45, 7) is 1.97. The maximum absolute atomic E-state index is 12.9. The van der Waals surface area contributed by atoms with Crippen LogP contribution in [0.15, 0.2) is 47.4 Å². The standard InChI is InChI=1S/C21H21NO3S/c1-13-8-10-14(11-9-13)19(23)17-18(16-7-4-12-26-16)22(21(25)20(17)24)15-5-2-3-6-15/h4,7-12,15,18,23H,2-3,5-6H2,1H3/b19-17-. The summed E-state index contributed by atoms with van der Waals surface area (Å²) in [4.78, 5) is 28.3. The normalized spacial score (nSPS) is 23.1. The van der Waals surface area contributed by atoms with Crippen LogP contribution in [0.3, 0.4) is 0 Å². The molecule has 2 heterocycles. The zero-order valence-corrected chi connectivity index (χ0v) is 15.5. The zero-order chi connectivity index (χ0) is 18.3. The van der Waals surface area contributed by atoms with E-state index in [0.717, 1.165) is 36.1 Å². The molecule has 1 aromatic carbocycles. The van der Waals surface area contributed by atoms with Crippen molar-refractivity contribution in [3.05, 3.63) is 63.4 Å². The van der Waals surface area contributed by atoms with Crippen molar-refractivity contribution < 1.29 is 14.7 Å². The summed E-state index contributed by atoms with van der Waals surface area (Å²) in [6, 6.07) is 10.8. The Hall–Kier alpha value is -2.40. The van der Waals surface area contributed by atoms with E-state index in [1.807, 2.05) is 36.6 Å². The summed E-state index contributed by atoms with van der Waals surface area (Å²) >= 11 is 1.51. The number of aliphatic hydroxyl groups is 1. The van der Waals surface area contributed by atoms with Crippen LogP contribution in [0.1, 0.15) is 47.7 Å². The second-order valence-electron chi connectivity index (χ2n) is 7.03. The van der Waals surface area contributed by atoms with E-state index >= 15 is 0 Å². The molecule has 0 bridgehead atoms. The Labute approximate surface area is 156 Å². The van der Waals surface area contributed by atoms with Crippen molar-refractivity contribution >= 4 is 28.8 Å². The molecule has 0 radical (unpaired) electrons. The summed E-state index contributed by atoms with van der Waals surface area (Å²) in [5, 5.41) is 12.9. The highest BCUT2D eigenvalue weighted by atomic mass is 32.1. The van der Waals surface area contributed by atoms with Gasteiger partial charge < -0.3 is 10.0 Å². The van der Waals surface area contributed by atoms with Gasteiger partial charge in [0, 0.05) is 16.5 Å². The van der Waals surface area contributed by atoms with Gasteiger partial charge in [-0.3, -0.25) is 9.59 Å². The number of amides is 1. The van der Waals surface area contributed by atoms with E-state index in [2.05, 4.69) is 0 Å². The molecule has 26 heavy (non-hydrogen) atoms. The molecule has 2 aliphatic rings. The number of hydrogen-bond donors (Lipinski definition) is 1. The van der Waals surface area contributed by atoms with E-state index < -0.39 is 17.7 Å². The van der Waals surface area contributed by atoms with E-state index in [1.165, 1.54) is 11.3 Å². The van der Waals surface area contributed by atoms with Gasteiger partial charge in [0.05, 0.1) is 11.6 Å². The monoisotopic (exact) mass is 367 g/mol. The number of ketones is 1. The van der Waals surface area contributed by atoms with Crippen LogP contribution in [0.5, 0.6) is 0 Å². The Bertz CT molecular complexity index is 861. The summed E-state index contributed by atoms with van der Waals surface area (Å²) in [7, 11) is 0. The SMILES string of the molecule is Cc1ccc(/C(O)=C2/C(=O)C(=O)N(C3CCCC3)C2c2cccs2)cc1. The highest BCUT2D eigenvalue weighted by Crippen LogP contribution is 2.44. The molecule has 1 aliphatic heterocycles. The Morgan fingerprint density at radius 2 is 1.81 bits per heavy atom. The number of thiophene rings is 1. The number of nitrogens with zero attached hydrogens (tertiary/aromatic N) is 1. The number of aryl methyl sites for hydroxylation is 1. The van der Waals surface area contributed by atoms with Crippen molar-refractivity contribution in [3.8, 4) is 0 Å². The second-order valence-corrected chi connectivity index (χ2v) is 8.01. The fourth-order valence-corrected chi connectivity index (χ4v) is 4.83. The van der Waals surface area contributed by atoms with Crippen molar-refractivity contribution in [1.29, 1.82) is 0 Å². The first-order valence-corrected chi connectivity index (χ1v) is 9.86. The van der Waals surface area contributed by atoms with Crippen molar-refractivity contribution in [3.63, 3.8) is 0 Å². The summed E-state index contributed by atoms with van der Waals surface area (Å²) in [6.07, 6.45) is 3.98. The molecular formula is C21H21NO3S. The van der Waals surface area contributed by atoms with Crippen LogP contribution in [-0.2, 0) is 9.59 Å². The average molecular weight is 367 g/mol. The largest absolute Gasteiger partial charge is 0.507 e. The summed E-state index contributed by atoms with van der Waals surface area (Å²) in [5.74, 6) is -1.14. The lowest BCUT2D eigenvalue weighted by atomic mass is 9.99. The number of carbonyl (C=O) groups excluding carboxylic acids is 2. The first-order valence-electron chi connectivity index (χ1n) is 8.98. The van der Waals surface area contributed by atoms with Gasteiger partial charge in [0.25, 0.3) is 11.7 Å². The van der Waals surface area contributed by atoms with Crippen molar-refractivity contribution in [2.75, 3.05) is 0 Å². The van der Waals surface area contributed by atoms with E-state index in [1.54, 1.807) is 17.0 Å². The molecule has 2 aromatic rings. The maximum atomic E-state index is 12.9. The number of carbonyl (C=O) groups is 2. The highest BCUT2D eigenvalue weighted by Gasteiger charge is 2.49. The number of benzene rings is 1. The molecule has 0 spiro atoms. The smallest absolute Gasteiger partial charge is 0.295 e. The predicted molar refractivity (Wildman–Crippen MR) is 102 cm³/mol. The lowest BCUT2D eigenvalue weighted by Crippen LogP contribution is -2.37. The van der Waals surface area contributed by atoms with Crippen LogP contribution in [-0.4, -0.2) is 27.7 Å². The summed E-state index contributed by atoms with van der Waals surface area (Å²) in [5.41, 5.74) is 1.86. The van der Waals surface area contributed by atoms with Crippen LogP contribution in [0, 0.1) is 6.92 Å². The van der Waals surface area contributed by atoms with Gasteiger partial charge in [0.15, 0.2) is 0 Å². The van der Waals surface area contributed by atoms with Crippen molar-refractivity contribution in [1.82, 2.24) is 4.90 Å². The lowest BCUT2D eigenvalue weighted by molar-refractivity contribution is -0.141. The molecular weight excluding hydrogens is 346 g/mol. The molecule has 1 amide bonds. The van der Waals surface area contributed by atoms with Crippen LogP contribution in [0.25, 0.3) is 5.76 Å². The average Bonchev–Trinajstić information content (AvgIpc) is 3.37. The molecule has 4 rings (SSSR count). The summed E-state index contributed by atoms with van der Waals surface area (Å²) < 4.78 is 0. The topological polar surface area (TPSA) is 57.6 Å². The quantitative estimate of drug-likeness (QED) is 0.496. The first kappa shape index (κ1) is 17.0. The molecule has 2 fully saturated rings. The molecule has 1 unspecified atom stereocenters. The molecule has 134 valence electrons. The van der Waals surface area contributed by atoms with Gasteiger partial charge in [-0.1, -0.05) is 48.7 Å². The minimum atomic E-state index is -0.576. The van der Waals surface area contributed by atoms with Gasteiger partial charge in [0.1, 0.15) is 5.76 Å². The fraction of sp³-hybridized carbons (Fsp3) is 0.333. The molecule has 1 aromatic heterocycles. The minimum Gasteiger partial charge on any atom is -0.507 e. The van der Waals surface area contributed by atoms with Gasteiger partial charge in [-0.05, 0) is 31.2 Å². The van der Waals surface area contributed by atoms with Crippen LogP contribution >= 0.6 is 11.3 Å². The van der Waals surface area contributed by atoms with Gasteiger partial charge in [-0.25, -0.2) is 0 Å². The maximum Gasteiger partial charge on any atom is 0.295 e. The van der Waals surface area contributed by atoms with E-state index in [9.17, 15) is 14.7 Å². The Morgan fingerprint density at radius 1 is 1.12 bits per heavy atom. The number of rotatable bonds is 3. The molecule has 1 atom stereocenters. The van der Waals surface area contributed by atoms with E-state index in [4.69, 9.17) is 0 Å². The fourth-order valence-electron chi connectivity index (χ4n) is 4.00. The second kappa shape index (κ2) is 6.72. The molecule has 1 saturated heterocycles. The van der Waals surface area contributed by atoms with Crippen molar-refractivity contribution in [2.45, 2.75) is 44.7 Å². The third-order valence-electron chi connectivity index (χ3n) is 5.34. The van der Waals surface area contributed by atoms with Gasteiger partial charge >= 0.3 is 0 Å². The molecule has 1 aliphatic carbocycles. The Balaban J connectivity index is 1.86. The van der Waals surface area contributed by atoms with E-state index in [0.29, 0.717) is 5.56 Å². The predicted octanol–water partition coefficient (Wildman–Crippen LogP) is 4.42. The Kier molecular flexibility index (Phi) is 4.41. The van der Waals surface area contributed by atoms with Gasteiger partial charge in [0.2, 0.25) is 0 Å². The van der Waals surface area contributed by atoms with Crippen molar-refractivity contribution in [2.24, 2.45) is 0 Å². The molecule has 5 heteroatoms. The Morgan fingerprint density at radius 3 is 2.42 bits per heavy atom. The number of likely N-dealkylation sites (tertiary alicyclic amines) is 1. The van der Waals surface area contributed by atoms with Crippen LogP contribution in [0.2, 0.25) is 0 Å². The molecule has 4 nitrogen and oxygen atoms in total. The molecule has 1 N–H and O–H groups in total. The van der Waals surface area contributed by atoms with E-state index in [-0.39, 0.29) is 17.4 Å². The van der Waals surface area contributed by atoms with Crippen LogP contribution < -0.4 is 0 Å². The number of hydrogen-bond acceptors (Lipinski definition) is 4. The zero-order valence-electron chi connectivity index (χ0n) is 14.6. The highest BCUT2D eigenvalue weighted by molar-refractivity contribution is 7.10.